The van der Waals surface area contributed by atoms with Gasteiger partial charge in [-0.3, -0.25) is 10.3 Å². The Kier molecular flexibility index (Phi) is 11.0. The smallest absolute Gasteiger partial charge is 0.126 e. The van der Waals surface area contributed by atoms with Gasteiger partial charge in [0.25, 0.3) is 0 Å². The number of benzene rings is 3. The van der Waals surface area contributed by atoms with Crippen LogP contribution in [0.15, 0.2) is 179 Å². The van der Waals surface area contributed by atoms with Crippen molar-refractivity contribution in [3.05, 3.63) is 201 Å². The molecule has 0 radical (unpaired) electrons. The van der Waals surface area contributed by atoms with Gasteiger partial charge in [0.2, 0.25) is 0 Å². The number of hydrogen-bond acceptors (Lipinski definition) is 2. The van der Waals surface area contributed by atoms with Crippen molar-refractivity contribution in [3.8, 4) is 0 Å². The Hall–Kier alpha value is -5.05. The van der Waals surface area contributed by atoms with Gasteiger partial charge in [-0.1, -0.05) is 171 Å². The predicted octanol–water partition coefficient (Wildman–Crippen LogP) is 13.2. The molecule has 278 valence electrons. The molecule has 3 atom stereocenters. The lowest BCUT2D eigenvalue weighted by atomic mass is 9.74. The summed E-state index contributed by atoms with van der Waals surface area (Å²) in [5, 5.41) is 4.11. The molecule has 55 heavy (non-hydrogen) atoms. The summed E-state index contributed by atoms with van der Waals surface area (Å²) in [7, 11) is 0. The highest BCUT2D eigenvalue weighted by molar-refractivity contribution is 6.02. The molecule has 0 amide bonds. The largest absolute Gasteiger partial charge is 0.285 e. The molecule has 2 nitrogen and oxygen atoms in total. The fourth-order valence-electron chi connectivity index (χ4n) is 9.19. The van der Waals surface area contributed by atoms with E-state index >= 15 is 0 Å². The molecule has 3 aromatic carbocycles. The molecule has 0 fully saturated rings. The van der Waals surface area contributed by atoms with Gasteiger partial charge in [-0.2, -0.15) is 0 Å². The second-order valence-corrected chi connectivity index (χ2v) is 16.7. The molecule has 0 saturated heterocycles. The Bertz CT molecular complexity index is 2220. The van der Waals surface area contributed by atoms with E-state index in [0.29, 0.717) is 5.92 Å². The van der Waals surface area contributed by atoms with Crippen LogP contribution in [0.4, 0.5) is 0 Å². The number of hydrogen-bond donors (Lipinski definition) is 1. The second kappa shape index (κ2) is 16.4. The molecular weight excluding hydrogens is 665 g/mol. The molecule has 5 aliphatic rings. The third-order valence-corrected chi connectivity index (χ3v) is 12.2. The van der Waals surface area contributed by atoms with Crippen LogP contribution in [0.5, 0.6) is 0 Å². The van der Waals surface area contributed by atoms with E-state index in [1.54, 1.807) is 0 Å². The summed E-state index contributed by atoms with van der Waals surface area (Å²) >= 11 is 0. The average Bonchev–Trinajstić information content (AvgIpc) is 3.23. The number of nitrogens with zero attached hydrogens (tertiary/aromatic N) is 1. The number of allylic oxidation sites excluding steroid dienone is 15. The summed E-state index contributed by atoms with van der Waals surface area (Å²) in [5.74, 6) is 0.412. The Balaban J connectivity index is 1.22. The van der Waals surface area contributed by atoms with Gasteiger partial charge < -0.3 is 0 Å². The maximum Gasteiger partial charge on any atom is 0.126 e. The summed E-state index contributed by atoms with van der Waals surface area (Å²) in [6.07, 6.45) is 33.5. The third-order valence-electron chi connectivity index (χ3n) is 12.2. The van der Waals surface area contributed by atoms with Crippen molar-refractivity contribution in [1.29, 1.82) is 0 Å². The minimum Gasteiger partial charge on any atom is -0.285 e. The van der Waals surface area contributed by atoms with E-state index in [4.69, 9.17) is 4.99 Å². The van der Waals surface area contributed by atoms with E-state index in [1.807, 2.05) is 0 Å². The van der Waals surface area contributed by atoms with Crippen LogP contribution >= 0.6 is 0 Å². The number of nitrogens with one attached hydrogen (secondary N) is 1. The molecule has 4 aliphatic carbocycles. The van der Waals surface area contributed by atoms with Crippen molar-refractivity contribution in [1.82, 2.24) is 5.32 Å². The van der Waals surface area contributed by atoms with E-state index in [9.17, 15) is 0 Å². The van der Waals surface area contributed by atoms with Crippen molar-refractivity contribution in [2.75, 3.05) is 0 Å². The first-order valence-electron chi connectivity index (χ1n) is 20.6. The Labute approximate surface area is 330 Å². The molecule has 0 bridgehead atoms. The third kappa shape index (κ3) is 8.31. The highest BCUT2D eigenvalue weighted by Crippen LogP contribution is 2.44. The summed E-state index contributed by atoms with van der Waals surface area (Å²) in [5.41, 5.74) is 18.2. The van der Waals surface area contributed by atoms with Gasteiger partial charge in [0, 0.05) is 24.1 Å². The van der Waals surface area contributed by atoms with Gasteiger partial charge in [0.1, 0.15) is 6.17 Å². The quantitative estimate of drug-likeness (QED) is 0.196. The van der Waals surface area contributed by atoms with Gasteiger partial charge in [0.05, 0.1) is 0 Å². The molecule has 3 aromatic rings. The fourth-order valence-corrected chi connectivity index (χ4v) is 9.19. The Morgan fingerprint density at radius 1 is 0.855 bits per heavy atom. The normalized spacial score (nSPS) is 22.7. The van der Waals surface area contributed by atoms with E-state index in [2.05, 4.69) is 179 Å². The monoisotopic (exact) mass is 720 g/mol. The lowest BCUT2D eigenvalue weighted by Crippen LogP contribution is -2.46. The van der Waals surface area contributed by atoms with Crippen molar-refractivity contribution in [2.45, 2.75) is 97.2 Å². The van der Waals surface area contributed by atoms with Gasteiger partial charge >= 0.3 is 0 Å². The molecule has 8 rings (SSSR count). The standard InChI is InChI=1S/C53H56N2/c1-5-30-53(3,4)36-46-34-47(37(46)2)48-32-42(38-18-10-6-11-19-38)26-28-44(48)31-45-29-27-43(39-20-12-7-13-21-39)33-49(45)52-54-50(40-22-14-8-15-23-40)35-51(55-52)41-24-16-9-17-25-41/h5-16,18,20-24,26,28,30,32-34,38,51-52,55H,17,19,25,27,29,31,35-36H2,1-4H3/b30-5-. The highest BCUT2D eigenvalue weighted by Gasteiger charge is 2.32. The molecule has 1 N–H and O–H groups in total. The first kappa shape index (κ1) is 36.9. The minimum atomic E-state index is -0.123. The first-order valence-corrected chi connectivity index (χ1v) is 20.6. The summed E-state index contributed by atoms with van der Waals surface area (Å²) in [6, 6.07) is 29.5. The number of rotatable bonds is 11. The molecular formula is C53H56N2. The Morgan fingerprint density at radius 2 is 1.65 bits per heavy atom. The van der Waals surface area contributed by atoms with Gasteiger partial charge in [-0.15, -0.1) is 0 Å². The van der Waals surface area contributed by atoms with Crippen LogP contribution in [0.25, 0.3) is 11.1 Å². The molecule has 0 aromatic heterocycles. The second-order valence-electron chi connectivity index (χ2n) is 16.7. The van der Waals surface area contributed by atoms with Gasteiger partial charge in [-0.05, 0) is 120 Å². The zero-order valence-corrected chi connectivity index (χ0v) is 33.2. The summed E-state index contributed by atoms with van der Waals surface area (Å²) in [6.45, 7) is 9.17. The van der Waals surface area contributed by atoms with Crippen LogP contribution in [0.2, 0.25) is 0 Å². The molecule has 2 heteroatoms. The van der Waals surface area contributed by atoms with Crippen LogP contribution in [-0.2, 0) is 6.42 Å². The van der Waals surface area contributed by atoms with Crippen LogP contribution in [0.3, 0.4) is 0 Å². The lowest BCUT2D eigenvalue weighted by Gasteiger charge is -2.35. The van der Waals surface area contributed by atoms with Crippen LogP contribution in [0.1, 0.15) is 106 Å². The van der Waals surface area contributed by atoms with Crippen molar-refractivity contribution >= 4 is 16.9 Å². The average molecular weight is 721 g/mol. The van der Waals surface area contributed by atoms with Gasteiger partial charge in [0.15, 0.2) is 0 Å². The van der Waals surface area contributed by atoms with Crippen molar-refractivity contribution in [2.24, 2.45) is 10.4 Å². The predicted molar refractivity (Wildman–Crippen MR) is 235 cm³/mol. The molecule has 1 aliphatic heterocycles. The van der Waals surface area contributed by atoms with Crippen molar-refractivity contribution in [3.63, 3.8) is 0 Å². The zero-order chi connectivity index (χ0) is 37.8. The van der Waals surface area contributed by atoms with Gasteiger partial charge in [-0.25, -0.2) is 0 Å². The maximum atomic E-state index is 5.59. The Morgan fingerprint density at radius 3 is 2.36 bits per heavy atom. The lowest BCUT2D eigenvalue weighted by molar-refractivity contribution is 0.476. The zero-order valence-electron chi connectivity index (χ0n) is 33.2. The maximum absolute atomic E-state index is 5.59. The highest BCUT2D eigenvalue weighted by atomic mass is 15.1. The number of aliphatic imine (C=N–C) groups is 1. The molecule has 1 heterocycles. The minimum absolute atomic E-state index is 0.123. The van der Waals surface area contributed by atoms with E-state index in [1.165, 1.54) is 72.5 Å². The van der Waals surface area contributed by atoms with Crippen LogP contribution in [-0.4, -0.2) is 17.9 Å². The van der Waals surface area contributed by atoms with E-state index in [-0.39, 0.29) is 17.6 Å². The van der Waals surface area contributed by atoms with Crippen LogP contribution < -0.4 is 5.32 Å². The summed E-state index contributed by atoms with van der Waals surface area (Å²) < 4.78 is 0. The fraction of sp³-hybridized carbons (Fsp3) is 0.302. The molecule has 0 saturated carbocycles. The summed E-state index contributed by atoms with van der Waals surface area (Å²) in [4.78, 5) is 5.59. The topological polar surface area (TPSA) is 24.4 Å². The van der Waals surface area contributed by atoms with Crippen LogP contribution in [0, 0.1) is 5.41 Å². The van der Waals surface area contributed by atoms with E-state index < -0.39 is 0 Å². The molecule has 0 spiro atoms. The SMILES string of the molecule is C/C=C\C(C)(C)CC1=CC(c2cc(C3C=CC=CC3)ccc2CC2=C(C3N=C(c4ccccc4)CC(C4=CC=CCC4)N3)C=C(c3ccccc3)CC2)=C1C. The first-order chi connectivity index (χ1) is 26.8. The molecule has 3 unspecified atom stereocenters. The van der Waals surface area contributed by atoms with Crippen molar-refractivity contribution < 1.29 is 0 Å². The van der Waals surface area contributed by atoms with E-state index in [0.717, 1.165) is 51.4 Å².